The van der Waals surface area contributed by atoms with Gasteiger partial charge in [-0.25, -0.2) is 0 Å². The van der Waals surface area contributed by atoms with Crippen LogP contribution in [0.1, 0.15) is 57.3 Å². The Balaban J connectivity index is 1.46. The van der Waals surface area contributed by atoms with Crippen molar-refractivity contribution in [2.75, 3.05) is 12.4 Å². The van der Waals surface area contributed by atoms with E-state index in [4.69, 9.17) is 4.74 Å². The standard InChI is InChI=1S/C15H25N3O2S/c1-11-4-2-3-5-13(11)20-8-9-21-15-17-16-14(10-19)18(15)12-6-7-12/h11-13,19H,2-10H2,1H3. The van der Waals surface area contributed by atoms with E-state index in [-0.39, 0.29) is 6.61 Å². The third kappa shape index (κ3) is 3.79. The van der Waals surface area contributed by atoms with E-state index in [2.05, 4.69) is 21.7 Å². The molecule has 2 unspecified atom stereocenters. The topological polar surface area (TPSA) is 60.2 Å². The van der Waals surface area contributed by atoms with E-state index in [1.54, 1.807) is 11.8 Å². The lowest BCUT2D eigenvalue weighted by Crippen LogP contribution is -2.26. The molecule has 2 aliphatic carbocycles. The molecular weight excluding hydrogens is 286 g/mol. The summed E-state index contributed by atoms with van der Waals surface area (Å²) in [5.74, 6) is 2.29. The quantitative estimate of drug-likeness (QED) is 0.620. The highest BCUT2D eigenvalue weighted by Crippen LogP contribution is 2.38. The van der Waals surface area contributed by atoms with Gasteiger partial charge in [-0.3, -0.25) is 0 Å². The van der Waals surface area contributed by atoms with E-state index >= 15 is 0 Å². The van der Waals surface area contributed by atoms with Crippen LogP contribution in [0.4, 0.5) is 0 Å². The summed E-state index contributed by atoms with van der Waals surface area (Å²) in [4.78, 5) is 0. The molecule has 1 aromatic heterocycles. The second kappa shape index (κ2) is 7.11. The molecule has 6 heteroatoms. The Kier molecular flexibility index (Phi) is 5.19. The second-order valence-corrected chi connectivity index (χ2v) is 7.24. The zero-order valence-electron chi connectivity index (χ0n) is 12.7. The number of aliphatic hydroxyl groups excluding tert-OH is 1. The Hall–Kier alpha value is -0.590. The fourth-order valence-corrected chi connectivity index (χ4v) is 3.93. The molecule has 21 heavy (non-hydrogen) atoms. The monoisotopic (exact) mass is 311 g/mol. The number of hydrogen-bond donors (Lipinski definition) is 1. The summed E-state index contributed by atoms with van der Waals surface area (Å²) in [7, 11) is 0. The molecule has 3 rings (SSSR count). The molecule has 0 spiro atoms. The van der Waals surface area contributed by atoms with Crippen molar-refractivity contribution in [3.05, 3.63) is 5.82 Å². The average molecular weight is 311 g/mol. The van der Waals surface area contributed by atoms with Crippen LogP contribution in [-0.4, -0.2) is 38.3 Å². The van der Waals surface area contributed by atoms with Gasteiger partial charge in [0.1, 0.15) is 6.61 Å². The Labute approximate surface area is 130 Å². The fourth-order valence-electron chi connectivity index (χ4n) is 3.08. The number of hydrogen-bond acceptors (Lipinski definition) is 5. The molecular formula is C15H25N3O2S. The van der Waals surface area contributed by atoms with Crippen LogP contribution in [0.25, 0.3) is 0 Å². The highest BCUT2D eigenvalue weighted by atomic mass is 32.2. The summed E-state index contributed by atoms with van der Waals surface area (Å²) in [5, 5.41) is 18.5. The third-order valence-electron chi connectivity index (χ3n) is 4.47. The molecule has 2 aliphatic rings. The number of thioether (sulfide) groups is 1. The Bertz CT molecular complexity index is 462. The highest BCUT2D eigenvalue weighted by molar-refractivity contribution is 7.99. The summed E-state index contributed by atoms with van der Waals surface area (Å²) in [6, 6.07) is 0.504. The maximum atomic E-state index is 9.32. The zero-order valence-corrected chi connectivity index (χ0v) is 13.5. The number of aliphatic hydroxyl groups is 1. The van der Waals surface area contributed by atoms with Gasteiger partial charge in [0.15, 0.2) is 11.0 Å². The van der Waals surface area contributed by atoms with Gasteiger partial charge in [-0.1, -0.05) is 31.5 Å². The molecule has 118 valence electrons. The van der Waals surface area contributed by atoms with Crippen molar-refractivity contribution in [2.24, 2.45) is 5.92 Å². The summed E-state index contributed by atoms with van der Waals surface area (Å²) < 4.78 is 8.14. The van der Waals surface area contributed by atoms with Crippen molar-refractivity contribution in [1.29, 1.82) is 0 Å². The van der Waals surface area contributed by atoms with Gasteiger partial charge in [0.25, 0.3) is 0 Å². The Morgan fingerprint density at radius 2 is 2.05 bits per heavy atom. The van der Waals surface area contributed by atoms with Crippen molar-refractivity contribution < 1.29 is 9.84 Å². The number of nitrogens with zero attached hydrogens (tertiary/aromatic N) is 3. The minimum Gasteiger partial charge on any atom is -0.388 e. The van der Waals surface area contributed by atoms with Crippen molar-refractivity contribution in [1.82, 2.24) is 14.8 Å². The first-order valence-corrected chi connectivity index (χ1v) is 9.07. The van der Waals surface area contributed by atoms with E-state index in [0.29, 0.717) is 23.9 Å². The highest BCUT2D eigenvalue weighted by Gasteiger charge is 2.29. The van der Waals surface area contributed by atoms with Crippen LogP contribution in [0.2, 0.25) is 0 Å². The smallest absolute Gasteiger partial charge is 0.191 e. The van der Waals surface area contributed by atoms with Crippen LogP contribution in [0, 0.1) is 5.92 Å². The molecule has 1 aromatic rings. The van der Waals surface area contributed by atoms with Gasteiger partial charge in [-0.15, -0.1) is 10.2 Å². The van der Waals surface area contributed by atoms with E-state index in [0.717, 1.165) is 17.5 Å². The molecule has 0 radical (unpaired) electrons. The lowest BCUT2D eigenvalue weighted by atomic mass is 9.88. The van der Waals surface area contributed by atoms with Crippen LogP contribution in [-0.2, 0) is 11.3 Å². The first-order valence-electron chi connectivity index (χ1n) is 8.08. The maximum absolute atomic E-state index is 9.32. The van der Waals surface area contributed by atoms with Gasteiger partial charge in [0, 0.05) is 11.8 Å². The van der Waals surface area contributed by atoms with Crippen molar-refractivity contribution in [3.63, 3.8) is 0 Å². The van der Waals surface area contributed by atoms with E-state index in [9.17, 15) is 5.11 Å². The van der Waals surface area contributed by atoms with Gasteiger partial charge in [0.2, 0.25) is 0 Å². The summed E-state index contributed by atoms with van der Waals surface area (Å²) in [6.07, 6.45) is 7.95. The molecule has 0 amide bonds. The minimum absolute atomic E-state index is 0.0276. The largest absolute Gasteiger partial charge is 0.388 e. The normalized spacial score (nSPS) is 26.2. The fraction of sp³-hybridized carbons (Fsp3) is 0.867. The molecule has 2 saturated carbocycles. The Morgan fingerprint density at radius 1 is 1.24 bits per heavy atom. The maximum Gasteiger partial charge on any atom is 0.191 e. The number of ether oxygens (including phenoxy) is 1. The van der Waals surface area contributed by atoms with Gasteiger partial charge >= 0.3 is 0 Å². The molecule has 0 aromatic carbocycles. The van der Waals surface area contributed by atoms with Crippen LogP contribution >= 0.6 is 11.8 Å². The van der Waals surface area contributed by atoms with E-state index in [1.165, 1.54) is 38.5 Å². The van der Waals surface area contributed by atoms with Gasteiger partial charge < -0.3 is 14.4 Å². The minimum atomic E-state index is -0.0276. The molecule has 1 N–H and O–H groups in total. The summed E-state index contributed by atoms with van der Waals surface area (Å²) in [5.41, 5.74) is 0. The lowest BCUT2D eigenvalue weighted by molar-refractivity contribution is 0.00345. The Morgan fingerprint density at radius 3 is 2.76 bits per heavy atom. The van der Waals surface area contributed by atoms with E-state index in [1.807, 2.05) is 0 Å². The van der Waals surface area contributed by atoms with Crippen molar-refractivity contribution in [2.45, 2.75) is 69.4 Å². The molecule has 1 heterocycles. The van der Waals surface area contributed by atoms with Crippen molar-refractivity contribution in [3.8, 4) is 0 Å². The SMILES string of the molecule is CC1CCCCC1OCCSc1nnc(CO)n1C1CC1. The summed E-state index contributed by atoms with van der Waals surface area (Å²) in [6.45, 7) is 3.04. The molecule has 2 atom stereocenters. The lowest BCUT2D eigenvalue weighted by Gasteiger charge is -2.28. The predicted molar refractivity (Wildman–Crippen MR) is 82.3 cm³/mol. The van der Waals surface area contributed by atoms with Gasteiger partial charge in [0.05, 0.1) is 12.7 Å². The molecule has 0 bridgehead atoms. The predicted octanol–water partition coefficient (Wildman–Crippen LogP) is 2.79. The van der Waals surface area contributed by atoms with Crippen LogP contribution in [0.5, 0.6) is 0 Å². The third-order valence-corrected chi connectivity index (χ3v) is 5.38. The van der Waals surface area contributed by atoms with Gasteiger partial charge in [-0.05, 0) is 31.6 Å². The molecule has 0 aliphatic heterocycles. The first kappa shape index (κ1) is 15.3. The number of aromatic nitrogens is 3. The van der Waals surface area contributed by atoms with Crippen LogP contribution in [0.15, 0.2) is 5.16 Å². The molecule has 5 nitrogen and oxygen atoms in total. The van der Waals surface area contributed by atoms with E-state index < -0.39 is 0 Å². The first-order chi connectivity index (χ1) is 10.3. The van der Waals surface area contributed by atoms with Crippen molar-refractivity contribution >= 4 is 11.8 Å². The van der Waals surface area contributed by atoms with Crippen LogP contribution < -0.4 is 0 Å². The zero-order chi connectivity index (χ0) is 14.7. The van der Waals surface area contributed by atoms with Gasteiger partial charge in [-0.2, -0.15) is 0 Å². The molecule has 2 fully saturated rings. The summed E-state index contributed by atoms with van der Waals surface area (Å²) >= 11 is 1.69. The number of rotatable bonds is 7. The average Bonchev–Trinajstić information content (AvgIpc) is 3.25. The second-order valence-electron chi connectivity index (χ2n) is 6.18. The molecule has 0 saturated heterocycles. The van der Waals surface area contributed by atoms with Crippen LogP contribution in [0.3, 0.4) is 0 Å².